The first-order chi connectivity index (χ1) is 12.5. The summed E-state index contributed by atoms with van der Waals surface area (Å²) in [5.41, 5.74) is 0.998. The molecule has 0 radical (unpaired) electrons. The number of carbonyl (C=O) groups is 1. The maximum atomic E-state index is 12.5. The van der Waals surface area contributed by atoms with Gasteiger partial charge in [0.2, 0.25) is 15.9 Å². The van der Waals surface area contributed by atoms with Crippen LogP contribution in [-0.2, 0) is 21.2 Å². The van der Waals surface area contributed by atoms with Crippen molar-refractivity contribution < 1.29 is 13.2 Å². The molecule has 1 N–H and O–H groups in total. The molecule has 2 saturated heterocycles. The summed E-state index contributed by atoms with van der Waals surface area (Å²) in [5, 5.41) is 3.38. The second-order valence-corrected chi connectivity index (χ2v) is 9.15. The fourth-order valence-corrected chi connectivity index (χ4v) is 5.47. The van der Waals surface area contributed by atoms with Crippen molar-refractivity contribution in [2.45, 2.75) is 31.6 Å². The number of sulfonamides is 1. The molecule has 3 rings (SSSR count). The summed E-state index contributed by atoms with van der Waals surface area (Å²) in [5.74, 6) is 1.44. The number of likely N-dealkylation sites (tertiary alicyclic amines) is 1. The van der Waals surface area contributed by atoms with Gasteiger partial charge in [-0.05, 0) is 36.0 Å². The molecule has 2 heterocycles. The largest absolute Gasteiger partial charge is 0.342 e. The van der Waals surface area contributed by atoms with Gasteiger partial charge < -0.3 is 10.2 Å². The zero-order chi connectivity index (χ0) is 18.7. The normalized spacial score (nSPS) is 22.8. The first-order valence-electron chi connectivity index (χ1n) is 9.53. The van der Waals surface area contributed by atoms with Gasteiger partial charge >= 0.3 is 0 Å². The van der Waals surface area contributed by atoms with Crippen LogP contribution in [0, 0.1) is 11.8 Å². The Morgan fingerprint density at radius 1 is 1.12 bits per heavy atom. The molecule has 144 valence electrons. The van der Waals surface area contributed by atoms with Gasteiger partial charge in [-0.15, -0.1) is 0 Å². The van der Waals surface area contributed by atoms with E-state index in [0.717, 1.165) is 31.7 Å². The molecule has 0 spiro atoms. The molecule has 2 atom stereocenters. The van der Waals surface area contributed by atoms with E-state index < -0.39 is 10.0 Å². The van der Waals surface area contributed by atoms with E-state index in [2.05, 4.69) is 5.32 Å². The van der Waals surface area contributed by atoms with Gasteiger partial charge in [0, 0.05) is 45.7 Å². The summed E-state index contributed by atoms with van der Waals surface area (Å²) in [4.78, 5) is 14.8. The van der Waals surface area contributed by atoms with E-state index in [1.165, 1.54) is 4.31 Å². The van der Waals surface area contributed by atoms with Crippen LogP contribution in [0.25, 0.3) is 0 Å². The van der Waals surface area contributed by atoms with Crippen LogP contribution >= 0.6 is 0 Å². The SMILES string of the molecule is CCN(CC)S(=O)(=O)c1ccc(CCC(=O)N2C[C@H]3CNC[C@H]3C2)cc1. The Morgan fingerprint density at radius 2 is 1.69 bits per heavy atom. The molecule has 2 aliphatic rings. The lowest BCUT2D eigenvalue weighted by molar-refractivity contribution is -0.130. The minimum atomic E-state index is -3.42. The van der Waals surface area contributed by atoms with Crippen molar-refractivity contribution >= 4 is 15.9 Å². The zero-order valence-corrected chi connectivity index (χ0v) is 16.5. The van der Waals surface area contributed by atoms with Crippen LogP contribution in [0.1, 0.15) is 25.8 Å². The highest BCUT2D eigenvalue weighted by molar-refractivity contribution is 7.89. The van der Waals surface area contributed by atoms with Crippen LogP contribution in [0.4, 0.5) is 0 Å². The molecule has 2 aliphatic heterocycles. The molecular weight excluding hydrogens is 350 g/mol. The Balaban J connectivity index is 1.55. The number of carbonyl (C=O) groups excluding carboxylic acids is 1. The van der Waals surface area contributed by atoms with Gasteiger partial charge in [0.1, 0.15) is 0 Å². The quantitative estimate of drug-likeness (QED) is 0.776. The highest BCUT2D eigenvalue weighted by atomic mass is 32.2. The maximum Gasteiger partial charge on any atom is 0.243 e. The fourth-order valence-electron chi connectivity index (χ4n) is 4.01. The molecule has 0 aromatic heterocycles. The first kappa shape index (κ1) is 19.3. The summed E-state index contributed by atoms with van der Waals surface area (Å²) in [6.45, 7) is 8.39. The van der Waals surface area contributed by atoms with Crippen molar-refractivity contribution in [2.75, 3.05) is 39.3 Å². The molecule has 1 aromatic carbocycles. The van der Waals surface area contributed by atoms with E-state index in [4.69, 9.17) is 0 Å². The molecular formula is C19H29N3O3S. The summed E-state index contributed by atoms with van der Waals surface area (Å²) in [6, 6.07) is 6.96. The Kier molecular flexibility index (Phi) is 5.99. The Morgan fingerprint density at radius 3 is 2.23 bits per heavy atom. The van der Waals surface area contributed by atoms with E-state index in [0.29, 0.717) is 42.7 Å². The van der Waals surface area contributed by atoms with Crippen molar-refractivity contribution in [3.8, 4) is 0 Å². The van der Waals surface area contributed by atoms with Crippen LogP contribution in [-0.4, -0.2) is 62.8 Å². The van der Waals surface area contributed by atoms with E-state index in [1.807, 2.05) is 30.9 Å². The molecule has 7 heteroatoms. The summed E-state index contributed by atoms with van der Waals surface area (Å²) < 4.78 is 26.5. The minimum Gasteiger partial charge on any atom is -0.342 e. The third kappa shape index (κ3) is 3.94. The van der Waals surface area contributed by atoms with Crippen LogP contribution in [0.2, 0.25) is 0 Å². The number of hydrogen-bond acceptors (Lipinski definition) is 4. The standard InChI is InChI=1S/C19H29N3O3S/c1-3-22(4-2)26(24,25)18-8-5-15(6-9-18)7-10-19(23)21-13-16-11-20-12-17(16)14-21/h5-6,8-9,16-17,20H,3-4,7,10-14H2,1-2H3/t16-,17+. The average molecular weight is 380 g/mol. The van der Waals surface area contributed by atoms with Gasteiger partial charge in [0.05, 0.1) is 4.90 Å². The van der Waals surface area contributed by atoms with Crippen LogP contribution < -0.4 is 5.32 Å². The number of benzene rings is 1. The number of fused-ring (bicyclic) bond motifs is 1. The average Bonchev–Trinajstić information content (AvgIpc) is 3.23. The lowest BCUT2D eigenvalue weighted by Crippen LogP contribution is -2.32. The predicted octanol–water partition coefficient (Wildman–Crippen LogP) is 1.33. The van der Waals surface area contributed by atoms with Crippen molar-refractivity contribution in [1.82, 2.24) is 14.5 Å². The van der Waals surface area contributed by atoms with Gasteiger partial charge in [-0.1, -0.05) is 26.0 Å². The van der Waals surface area contributed by atoms with Crippen molar-refractivity contribution in [2.24, 2.45) is 11.8 Å². The molecule has 1 amide bonds. The van der Waals surface area contributed by atoms with E-state index in [-0.39, 0.29) is 5.91 Å². The molecule has 0 bridgehead atoms. The third-order valence-corrected chi connectivity index (χ3v) is 7.70. The van der Waals surface area contributed by atoms with Gasteiger partial charge in [0.25, 0.3) is 0 Å². The summed E-state index contributed by atoms with van der Waals surface area (Å²) >= 11 is 0. The molecule has 0 unspecified atom stereocenters. The van der Waals surface area contributed by atoms with Gasteiger partial charge in [-0.3, -0.25) is 4.79 Å². The van der Waals surface area contributed by atoms with E-state index >= 15 is 0 Å². The third-order valence-electron chi connectivity index (χ3n) is 5.64. The van der Waals surface area contributed by atoms with Crippen LogP contribution in [0.15, 0.2) is 29.2 Å². The summed E-state index contributed by atoms with van der Waals surface area (Å²) in [7, 11) is -3.42. The highest BCUT2D eigenvalue weighted by Gasteiger charge is 2.37. The minimum absolute atomic E-state index is 0.208. The van der Waals surface area contributed by atoms with Gasteiger partial charge in [0.15, 0.2) is 0 Å². The number of rotatable bonds is 7. The lowest BCUT2D eigenvalue weighted by Gasteiger charge is -2.19. The highest BCUT2D eigenvalue weighted by Crippen LogP contribution is 2.27. The monoisotopic (exact) mass is 379 g/mol. The Hall–Kier alpha value is -1.44. The van der Waals surface area contributed by atoms with Crippen LogP contribution in [0.5, 0.6) is 0 Å². The first-order valence-corrected chi connectivity index (χ1v) is 11.0. The molecule has 0 saturated carbocycles. The Labute approximate surface area is 156 Å². The number of hydrogen-bond donors (Lipinski definition) is 1. The number of aryl methyl sites for hydroxylation is 1. The van der Waals surface area contributed by atoms with E-state index in [1.54, 1.807) is 12.1 Å². The molecule has 2 fully saturated rings. The summed E-state index contributed by atoms with van der Waals surface area (Å²) in [6.07, 6.45) is 1.13. The Bertz CT molecular complexity index is 717. The molecule has 0 aliphatic carbocycles. The predicted molar refractivity (Wildman–Crippen MR) is 101 cm³/mol. The van der Waals surface area contributed by atoms with Crippen molar-refractivity contribution in [3.63, 3.8) is 0 Å². The van der Waals surface area contributed by atoms with Gasteiger partial charge in [-0.2, -0.15) is 4.31 Å². The lowest BCUT2D eigenvalue weighted by atomic mass is 10.0. The van der Waals surface area contributed by atoms with Gasteiger partial charge in [-0.25, -0.2) is 8.42 Å². The fraction of sp³-hybridized carbons (Fsp3) is 0.632. The molecule has 26 heavy (non-hydrogen) atoms. The zero-order valence-electron chi connectivity index (χ0n) is 15.6. The van der Waals surface area contributed by atoms with Crippen LogP contribution in [0.3, 0.4) is 0 Å². The number of nitrogens with one attached hydrogen (secondary N) is 1. The topological polar surface area (TPSA) is 69.7 Å². The second kappa shape index (κ2) is 8.06. The molecule has 6 nitrogen and oxygen atoms in total. The van der Waals surface area contributed by atoms with Crippen molar-refractivity contribution in [3.05, 3.63) is 29.8 Å². The maximum absolute atomic E-state index is 12.5. The second-order valence-electron chi connectivity index (χ2n) is 7.21. The number of nitrogens with zero attached hydrogens (tertiary/aromatic N) is 2. The van der Waals surface area contributed by atoms with Crippen molar-refractivity contribution in [1.29, 1.82) is 0 Å². The number of amides is 1. The van der Waals surface area contributed by atoms with E-state index in [9.17, 15) is 13.2 Å². The smallest absolute Gasteiger partial charge is 0.243 e. The molecule has 1 aromatic rings.